The molecule has 46 heavy (non-hydrogen) atoms. The Hall–Kier alpha value is -3.04. The highest BCUT2D eigenvalue weighted by atomic mass is 32.7. The molecule has 4 aromatic rings. The van der Waals surface area contributed by atoms with E-state index in [1.807, 2.05) is 0 Å². The lowest BCUT2D eigenvalue weighted by Gasteiger charge is -2.26. The van der Waals surface area contributed by atoms with Gasteiger partial charge in [0.2, 0.25) is 5.95 Å². The van der Waals surface area contributed by atoms with Crippen molar-refractivity contribution in [1.29, 1.82) is 0 Å². The quantitative estimate of drug-likeness (QED) is 0.123. The molecule has 3 aliphatic rings. The van der Waals surface area contributed by atoms with Crippen LogP contribution in [0.2, 0.25) is 0 Å². The van der Waals surface area contributed by atoms with Crippen LogP contribution in [-0.2, 0) is 32.2 Å². The van der Waals surface area contributed by atoms with Gasteiger partial charge in [-0.2, -0.15) is 4.98 Å². The van der Waals surface area contributed by atoms with E-state index in [4.69, 9.17) is 34.5 Å². The summed E-state index contributed by atoms with van der Waals surface area (Å²) in [6.45, 7) is -5.55. The molecule has 0 spiro atoms. The van der Waals surface area contributed by atoms with Crippen molar-refractivity contribution in [1.82, 2.24) is 39.0 Å². The molecular weight excluding hydrogens is 677 g/mol. The molecule has 0 radical (unpaired) electrons. The Kier molecular flexibility index (Phi) is 7.95. The number of alkyl halides is 1. The number of fused-ring (bicyclic) bond motifs is 5. The first-order valence-electron chi connectivity index (χ1n) is 13.7. The minimum absolute atomic E-state index is 0.0310. The van der Waals surface area contributed by atoms with Crippen molar-refractivity contribution >= 4 is 60.7 Å². The van der Waals surface area contributed by atoms with Crippen LogP contribution in [0.5, 0.6) is 0 Å². The fraction of sp³-hybridized carbons (Fsp3) is 0.545. The van der Waals surface area contributed by atoms with Gasteiger partial charge in [0.25, 0.3) is 5.56 Å². The molecular formula is C22H27FN10O10P2S. The second-order valence-electron chi connectivity index (χ2n) is 10.8. The number of ether oxygens (including phenoxy) is 2. The number of imidazole rings is 2. The Morgan fingerprint density at radius 3 is 2.50 bits per heavy atom. The van der Waals surface area contributed by atoms with Crippen LogP contribution in [-0.4, -0.2) is 99.0 Å². The number of aromatic amines is 1. The van der Waals surface area contributed by atoms with Gasteiger partial charge in [-0.3, -0.25) is 32.5 Å². The normalized spacial score (nSPS) is 37.1. The number of nitrogens with two attached hydrogens (primary N) is 2. The maximum atomic E-state index is 16.1. The standard InChI is InChI=1S/C22H27FN10O10P2S/c23-11-15-9(40-20(11)32-6-28-12-16(24)26-5-27-17(12)32)1-2-44(36,37)42-14-8(3-34)10(4-39-45(38,46)43-15)41-21(14)33-7-29-13-18(33)30-22(25)31-19(13)35/h5-11,14-15,20-21,34H,1-4H2,(H,36,37)(H,38,46)(H2,24,26,27)(H3,25,30,31,35). The van der Waals surface area contributed by atoms with Gasteiger partial charge in [-0.15, -0.1) is 0 Å². The maximum Gasteiger partial charge on any atom is 0.386 e. The maximum absolute atomic E-state index is 16.1. The second kappa shape index (κ2) is 11.6. The van der Waals surface area contributed by atoms with E-state index in [1.54, 1.807) is 0 Å². The largest absolute Gasteiger partial charge is 0.396 e. The number of rotatable bonds is 3. The molecule has 0 amide bonds. The zero-order chi connectivity index (χ0) is 32.5. The summed E-state index contributed by atoms with van der Waals surface area (Å²) < 4.78 is 74.4. The van der Waals surface area contributed by atoms with E-state index < -0.39 is 88.3 Å². The average molecular weight is 705 g/mol. The summed E-state index contributed by atoms with van der Waals surface area (Å²) in [5.41, 5.74) is 11.1. The fourth-order valence-corrected chi connectivity index (χ4v) is 8.68. The van der Waals surface area contributed by atoms with Crippen LogP contribution in [0.15, 0.2) is 23.8 Å². The predicted octanol–water partition coefficient (Wildman–Crippen LogP) is 0.279. The first-order valence-corrected chi connectivity index (χ1v) is 18.2. The van der Waals surface area contributed by atoms with E-state index in [9.17, 15) is 23.9 Å². The third-order valence-electron chi connectivity index (χ3n) is 8.00. The van der Waals surface area contributed by atoms with Crippen LogP contribution in [0.3, 0.4) is 0 Å². The third-order valence-corrected chi connectivity index (χ3v) is 11.0. The highest BCUT2D eigenvalue weighted by Crippen LogP contribution is 2.59. The number of nitrogens with one attached hydrogen (secondary N) is 1. The highest BCUT2D eigenvalue weighted by molar-refractivity contribution is 8.44. The number of aliphatic hydroxyl groups is 1. The summed E-state index contributed by atoms with van der Waals surface area (Å²) in [5, 5.41) is 10.3. The molecule has 3 saturated heterocycles. The van der Waals surface area contributed by atoms with Gasteiger partial charge >= 0.3 is 14.4 Å². The van der Waals surface area contributed by atoms with Crippen molar-refractivity contribution in [3.63, 3.8) is 0 Å². The van der Waals surface area contributed by atoms with E-state index >= 15 is 4.39 Å². The molecule has 0 saturated carbocycles. The van der Waals surface area contributed by atoms with Crippen molar-refractivity contribution in [2.45, 2.75) is 49.5 Å². The molecule has 24 heteroatoms. The van der Waals surface area contributed by atoms with Gasteiger partial charge in [-0.1, -0.05) is 12.2 Å². The second-order valence-corrected chi connectivity index (χ2v) is 15.6. The number of thiol groups is 1. The number of H-pyrrole nitrogens is 1. The number of aromatic nitrogens is 8. The van der Waals surface area contributed by atoms with Gasteiger partial charge in [0.05, 0.1) is 44.2 Å². The van der Waals surface area contributed by atoms with E-state index in [2.05, 4.69) is 42.2 Å². The first kappa shape index (κ1) is 31.6. The molecule has 10 unspecified atom stereocenters. The minimum atomic E-state index is -4.58. The van der Waals surface area contributed by atoms with Crippen LogP contribution in [0.25, 0.3) is 22.3 Å². The van der Waals surface area contributed by atoms with Gasteiger partial charge in [-0.05, 0) is 6.42 Å². The van der Waals surface area contributed by atoms with Crippen LogP contribution < -0.4 is 17.0 Å². The molecule has 248 valence electrons. The average Bonchev–Trinajstić information content (AvgIpc) is 3.75. The predicted molar refractivity (Wildman–Crippen MR) is 157 cm³/mol. The number of anilines is 2. The minimum Gasteiger partial charge on any atom is -0.396 e. The van der Waals surface area contributed by atoms with Crippen molar-refractivity contribution in [2.24, 2.45) is 5.92 Å². The van der Waals surface area contributed by atoms with Crippen molar-refractivity contribution < 1.29 is 46.6 Å². The van der Waals surface area contributed by atoms with E-state index in [-0.39, 0.29) is 40.5 Å². The number of nitrogens with zero attached hydrogens (tertiary/aromatic N) is 7. The lowest BCUT2D eigenvalue weighted by Crippen LogP contribution is -2.33. The molecule has 0 aliphatic carbocycles. The highest BCUT2D eigenvalue weighted by Gasteiger charge is 2.53. The molecule has 7 heterocycles. The summed E-state index contributed by atoms with van der Waals surface area (Å²) in [5.74, 6) is -1.21. The van der Waals surface area contributed by atoms with Gasteiger partial charge in [0, 0.05) is 5.92 Å². The molecule has 10 atom stereocenters. The lowest BCUT2D eigenvalue weighted by atomic mass is 9.99. The number of halogens is 1. The van der Waals surface area contributed by atoms with Gasteiger partial charge in [0.1, 0.15) is 24.1 Å². The molecule has 20 nitrogen and oxygen atoms in total. The van der Waals surface area contributed by atoms with Gasteiger partial charge in [0.15, 0.2) is 41.3 Å². The Morgan fingerprint density at radius 1 is 1.02 bits per heavy atom. The fourth-order valence-electron chi connectivity index (χ4n) is 5.87. The summed E-state index contributed by atoms with van der Waals surface area (Å²) in [4.78, 5) is 45.9. The summed E-state index contributed by atoms with van der Waals surface area (Å²) in [6.07, 6.45) is -7.34. The van der Waals surface area contributed by atoms with Gasteiger partial charge < -0.3 is 35.5 Å². The number of hydrogen-bond acceptors (Lipinski definition) is 16. The van der Waals surface area contributed by atoms with Crippen LogP contribution in [0, 0.1) is 5.92 Å². The SMILES string of the molecule is Nc1nc2c(ncn2C2OC3COP(=O)(S)OC4C(CCP(=O)(O)OC2C3CO)OC(n2cnc3c(N)ncnc32)C4F)c(=O)[nH]1. The summed E-state index contributed by atoms with van der Waals surface area (Å²) in [6, 6.07) is 0. The first-order chi connectivity index (χ1) is 21.9. The van der Waals surface area contributed by atoms with Crippen molar-refractivity contribution in [3.05, 3.63) is 29.3 Å². The van der Waals surface area contributed by atoms with E-state index in [0.717, 1.165) is 6.33 Å². The molecule has 3 aliphatic heterocycles. The molecule has 3 fully saturated rings. The summed E-state index contributed by atoms with van der Waals surface area (Å²) >= 11 is 4.05. The lowest BCUT2D eigenvalue weighted by molar-refractivity contribution is -0.0478. The monoisotopic (exact) mass is 704 g/mol. The zero-order valence-electron chi connectivity index (χ0n) is 23.3. The van der Waals surface area contributed by atoms with Crippen LogP contribution in [0.1, 0.15) is 18.9 Å². The molecule has 4 aromatic heterocycles. The van der Waals surface area contributed by atoms with Gasteiger partial charge in [-0.25, -0.2) is 28.9 Å². The molecule has 2 bridgehead atoms. The van der Waals surface area contributed by atoms with Crippen molar-refractivity contribution in [2.75, 3.05) is 30.8 Å². The third kappa shape index (κ3) is 5.51. The number of hydrogen-bond donors (Lipinski definition) is 6. The Balaban J connectivity index is 1.22. The number of nitrogen functional groups attached to an aromatic ring is 2. The van der Waals surface area contributed by atoms with E-state index in [0.29, 0.717) is 0 Å². The summed E-state index contributed by atoms with van der Waals surface area (Å²) in [7, 11) is -4.58. The Labute approximate surface area is 261 Å². The number of aliphatic hydroxyl groups excluding tert-OH is 1. The zero-order valence-corrected chi connectivity index (χ0v) is 26.0. The topological polar surface area (TPSA) is 280 Å². The molecule has 0 aromatic carbocycles. The van der Waals surface area contributed by atoms with Crippen LogP contribution in [0.4, 0.5) is 16.2 Å². The molecule has 7 rings (SSSR count). The Bertz CT molecular complexity index is 1960. The molecule has 7 N–H and O–H groups in total. The Morgan fingerprint density at radius 2 is 1.74 bits per heavy atom. The van der Waals surface area contributed by atoms with Crippen molar-refractivity contribution in [3.8, 4) is 0 Å². The smallest absolute Gasteiger partial charge is 0.386 e. The van der Waals surface area contributed by atoms with E-state index in [1.165, 1.54) is 21.8 Å². The van der Waals surface area contributed by atoms with Crippen LogP contribution >= 0.6 is 26.6 Å².